The van der Waals surface area contributed by atoms with Gasteiger partial charge in [-0.1, -0.05) is 24.8 Å². The van der Waals surface area contributed by atoms with Gasteiger partial charge >= 0.3 is 0 Å². The van der Waals surface area contributed by atoms with Crippen LogP contribution >= 0.6 is 0 Å². The van der Waals surface area contributed by atoms with E-state index < -0.39 is 0 Å². The van der Waals surface area contributed by atoms with Crippen LogP contribution in [0.25, 0.3) is 5.57 Å². The number of anilines is 2. The number of allylic oxidation sites excluding steroid dienone is 5. The standard InChI is InChI=1S/C15H17N3/c1-4-5-6-10-9(2)11-7-13(16)14(17)8-12(11)15(10)18-3/h4-8H,1,16-17H2,2-3H3/b6-5-,18-15?. The summed E-state index contributed by atoms with van der Waals surface area (Å²) in [6.45, 7) is 5.75. The van der Waals surface area contributed by atoms with E-state index in [-0.39, 0.29) is 0 Å². The number of nitrogen functional groups attached to an aromatic ring is 2. The van der Waals surface area contributed by atoms with Crippen molar-refractivity contribution < 1.29 is 0 Å². The Bertz CT molecular complexity index is 604. The summed E-state index contributed by atoms with van der Waals surface area (Å²) in [4.78, 5) is 4.36. The first-order valence-electron chi connectivity index (χ1n) is 5.77. The topological polar surface area (TPSA) is 64.4 Å². The molecule has 3 heteroatoms. The van der Waals surface area contributed by atoms with E-state index in [2.05, 4.69) is 18.5 Å². The molecule has 1 aliphatic rings. The van der Waals surface area contributed by atoms with Crippen LogP contribution in [0.2, 0.25) is 0 Å². The molecule has 0 bridgehead atoms. The minimum Gasteiger partial charge on any atom is -0.397 e. The lowest BCUT2D eigenvalue weighted by atomic mass is 10.0. The molecule has 18 heavy (non-hydrogen) atoms. The summed E-state index contributed by atoms with van der Waals surface area (Å²) in [6.07, 6.45) is 5.67. The monoisotopic (exact) mass is 239 g/mol. The summed E-state index contributed by atoms with van der Waals surface area (Å²) in [7, 11) is 1.78. The van der Waals surface area contributed by atoms with Gasteiger partial charge in [-0.15, -0.1) is 0 Å². The molecule has 0 spiro atoms. The van der Waals surface area contributed by atoms with E-state index in [1.165, 1.54) is 0 Å². The van der Waals surface area contributed by atoms with Crippen LogP contribution in [0.1, 0.15) is 18.1 Å². The van der Waals surface area contributed by atoms with Crippen molar-refractivity contribution in [3.05, 3.63) is 53.6 Å². The molecule has 0 heterocycles. The van der Waals surface area contributed by atoms with Crippen molar-refractivity contribution in [3.63, 3.8) is 0 Å². The second-order valence-corrected chi connectivity index (χ2v) is 4.23. The lowest BCUT2D eigenvalue weighted by Gasteiger charge is -2.06. The molecule has 2 rings (SSSR count). The van der Waals surface area contributed by atoms with Crippen LogP contribution in [0, 0.1) is 0 Å². The molecular weight excluding hydrogens is 222 g/mol. The Morgan fingerprint density at radius 1 is 1.17 bits per heavy atom. The largest absolute Gasteiger partial charge is 0.397 e. The normalized spacial score (nSPS) is 16.7. The highest BCUT2D eigenvalue weighted by Crippen LogP contribution is 2.37. The summed E-state index contributed by atoms with van der Waals surface area (Å²) in [6, 6.07) is 3.81. The molecule has 0 amide bonds. The summed E-state index contributed by atoms with van der Waals surface area (Å²) in [5, 5.41) is 0. The van der Waals surface area contributed by atoms with Gasteiger partial charge in [-0.25, -0.2) is 0 Å². The third-order valence-electron chi connectivity index (χ3n) is 3.16. The fourth-order valence-corrected chi connectivity index (χ4v) is 2.22. The summed E-state index contributed by atoms with van der Waals surface area (Å²) < 4.78 is 0. The van der Waals surface area contributed by atoms with Crippen molar-refractivity contribution in [3.8, 4) is 0 Å². The Hall–Kier alpha value is -2.29. The van der Waals surface area contributed by atoms with Gasteiger partial charge in [0.2, 0.25) is 0 Å². The van der Waals surface area contributed by atoms with Crippen LogP contribution in [0.3, 0.4) is 0 Å². The number of benzene rings is 1. The maximum atomic E-state index is 5.87. The molecule has 1 aromatic rings. The van der Waals surface area contributed by atoms with Gasteiger partial charge in [0, 0.05) is 18.2 Å². The minimum atomic E-state index is 0.594. The Morgan fingerprint density at radius 3 is 2.33 bits per heavy atom. The van der Waals surface area contributed by atoms with E-state index in [9.17, 15) is 0 Å². The van der Waals surface area contributed by atoms with Crippen LogP contribution in [0.15, 0.2) is 47.5 Å². The zero-order chi connectivity index (χ0) is 13.3. The van der Waals surface area contributed by atoms with E-state index in [1.54, 1.807) is 13.1 Å². The van der Waals surface area contributed by atoms with Gasteiger partial charge in [0.15, 0.2) is 0 Å². The molecule has 92 valence electrons. The molecule has 1 aliphatic carbocycles. The molecule has 3 nitrogen and oxygen atoms in total. The summed E-state index contributed by atoms with van der Waals surface area (Å²) in [5.74, 6) is 0. The molecule has 1 aromatic carbocycles. The number of hydrogen-bond acceptors (Lipinski definition) is 3. The van der Waals surface area contributed by atoms with Gasteiger partial charge in [-0.05, 0) is 30.2 Å². The van der Waals surface area contributed by atoms with Crippen molar-refractivity contribution in [2.45, 2.75) is 6.92 Å². The van der Waals surface area contributed by atoms with E-state index in [0.29, 0.717) is 11.4 Å². The Balaban J connectivity index is 2.67. The lowest BCUT2D eigenvalue weighted by molar-refractivity contribution is 1.43. The first kappa shape index (κ1) is 12.2. The van der Waals surface area contributed by atoms with Crippen molar-refractivity contribution in [2.24, 2.45) is 4.99 Å². The zero-order valence-corrected chi connectivity index (χ0v) is 10.7. The lowest BCUT2D eigenvalue weighted by Crippen LogP contribution is -2.02. The highest BCUT2D eigenvalue weighted by molar-refractivity contribution is 6.25. The number of nitrogens with two attached hydrogens (primary N) is 2. The zero-order valence-electron chi connectivity index (χ0n) is 10.7. The third-order valence-corrected chi connectivity index (χ3v) is 3.16. The third kappa shape index (κ3) is 1.74. The van der Waals surface area contributed by atoms with Crippen molar-refractivity contribution in [2.75, 3.05) is 18.5 Å². The average Bonchev–Trinajstić information content (AvgIpc) is 2.60. The summed E-state index contributed by atoms with van der Waals surface area (Å²) >= 11 is 0. The van der Waals surface area contributed by atoms with Gasteiger partial charge in [0.25, 0.3) is 0 Å². The molecule has 0 atom stereocenters. The molecule has 0 aromatic heterocycles. The minimum absolute atomic E-state index is 0.594. The maximum absolute atomic E-state index is 5.87. The predicted molar refractivity (Wildman–Crippen MR) is 79.7 cm³/mol. The fourth-order valence-electron chi connectivity index (χ4n) is 2.22. The number of hydrogen-bond donors (Lipinski definition) is 2. The number of nitrogens with zero attached hydrogens (tertiary/aromatic N) is 1. The van der Waals surface area contributed by atoms with Gasteiger partial charge in [-0.3, -0.25) is 4.99 Å². The molecule has 0 fully saturated rings. The molecule has 0 radical (unpaired) electrons. The van der Waals surface area contributed by atoms with Crippen LogP contribution in [-0.4, -0.2) is 12.8 Å². The van der Waals surface area contributed by atoms with Gasteiger partial charge < -0.3 is 11.5 Å². The average molecular weight is 239 g/mol. The number of aliphatic imine (C=N–C) groups is 1. The predicted octanol–water partition coefficient (Wildman–Crippen LogP) is 2.80. The first-order valence-corrected chi connectivity index (χ1v) is 5.77. The van der Waals surface area contributed by atoms with Crippen LogP contribution in [0.4, 0.5) is 11.4 Å². The molecule has 0 saturated carbocycles. The Kier molecular flexibility index (Phi) is 3.06. The van der Waals surface area contributed by atoms with Crippen molar-refractivity contribution in [1.82, 2.24) is 0 Å². The smallest absolute Gasteiger partial charge is 0.0725 e. The highest BCUT2D eigenvalue weighted by Gasteiger charge is 2.24. The van der Waals surface area contributed by atoms with Crippen molar-refractivity contribution in [1.29, 1.82) is 0 Å². The second kappa shape index (κ2) is 4.53. The SMILES string of the molecule is C=C/C=C\C1=C(C)c2cc(N)c(N)cc2C1=NC. The van der Waals surface area contributed by atoms with Crippen molar-refractivity contribution >= 4 is 22.7 Å². The number of rotatable bonds is 2. The highest BCUT2D eigenvalue weighted by atomic mass is 14.7. The maximum Gasteiger partial charge on any atom is 0.0725 e. The van der Waals surface area contributed by atoms with Gasteiger partial charge in [0.1, 0.15) is 0 Å². The van der Waals surface area contributed by atoms with Gasteiger partial charge in [-0.2, -0.15) is 0 Å². The van der Waals surface area contributed by atoms with Crippen LogP contribution < -0.4 is 11.5 Å². The second-order valence-electron chi connectivity index (χ2n) is 4.23. The Labute approximate surface area is 107 Å². The molecular formula is C15H17N3. The molecule has 0 unspecified atom stereocenters. The number of fused-ring (bicyclic) bond motifs is 1. The van der Waals surface area contributed by atoms with Crippen LogP contribution in [-0.2, 0) is 0 Å². The first-order chi connectivity index (χ1) is 8.60. The molecule has 0 aliphatic heterocycles. The fraction of sp³-hybridized carbons (Fsp3) is 0.133. The van der Waals surface area contributed by atoms with E-state index in [0.717, 1.165) is 28.0 Å². The molecule has 0 saturated heterocycles. The van der Waals surface area contributed by atoms with Crippen LogP contribution in [0.5, 0.6) is 0 Å². The van der Waals surface area contributed by atoms with E-state index >= 15 is 0 Å². The van der Waals surface area contributed by atoms with E-state index in [4.69, 9.17) is 11.5 Å². The summed E-state index contributed by atoms with van der Waals surface area (Å²) in [5.41, 5.74) is 18.3. The quantitative estimate of drug-likeness (QED) is 0.615. The Morgan fingerprint density at radius 2 is 1.78 bits per heavy atom. The molecule has 4 N–H and O–H groups in total. The van der Waals surface area contributed by atoms with E-state index in [1.807, 2.05) is 24.3 Å². The van der Waals surface area contributed by atoms with Gasteiger partial charge in [0.05, 0.1) is 17.1 Å².